The normalized spacial score (nSPS) is 10.5. The van der Waals surface area contributed by atoms with Gasteiger partial charge in [-0.05, 0) is 50.4 Å². The van der Waals surface area contributed by atoms with Crippen LogP contribution < -0.4 is 10.5 Å². The van der Waals surface area contributed by atoms with E-state index in [1.165, 1.54) is 11.1 Å². The zero-order valence-corrected chi connectivity index (χ0v) is 10.9. The molecule has 0 saturated heterocycles. The van der Waals surface area contributed by atoms with Crippen molar-refractivity contribution in [1.29, 1.82) is 0 Å². The van der Waals surface area contributed by atoms with Crippen LogP contribution >= 0.6 is 0 Å². The number of ether oxygens (including phenoxy) is 2. The summed E-state index contributed by atoms with van der Waals surface area (Å²) in [6.45, 7) is 6.89. The first kappa shape index (κ1) is 14.0. The van der Waals surface area contributed by atoms with Crippen molar-refractivity contribution in [2.24, 2.45) is 5.73 Å². The summed E-state index contributed by atoms with van der Waals surface area (Å²) < 4.78 is 10.9. The van der Waals surface area contributed by atoms with E-state index in [9.17, 15) is 0 Å². The Morgan fingerprint density at radius 2 is 1.94 bits per heavy atom. The van der Waals surface area contributed by atoms with E-state index < -0.39 is 0 Å². The Hall–Kier alpha value is -1.06. The third-order valence-corrected chi connectivity index (χ3v) is 2.58. The molecule has 0 aliphatic heterocycles. The number of nitrogens with two attached hydrogens (primary N) is 1. The van der Waals surface area contributed by atoms with Gasteiger partial charge in [0.2, 0.25) is 0 Å². The van der Waals surface area contributed by atoms with E-state index in [-0.39, 0.29) is 0 Å². The van der Waals surface area contributed by atoms with Crippen LogP contribution in [0.1, 0.15) is 25.0 Å². The number of benzene rings is 1. The third kappa shape index (κ3) is 4.75. The van der Waals surface area contributed by atoms with E-state index >= 15 is 0 Å². The van der Waals surface area contributed by atoms with Crippen molar-refractivity contribution >= 4 is 0 Å². The molecule has 17 heavy (non-hydrogen) atoms. The van der Waals surface area contributed by atoms with Crippen molar-refractivity contribution in [2.45, 2.75) is 26.7 Å². The summed E-state index contributed by atoms with van der Waals surface area (Å²) in [6.07, 6.45) is 1.80. The molecule has 0 heterocycles. The van der Waals surface area contributed by atoms with Crippen LogP contribution in [0.25, 0.3) is 0 Å². The van der Waals surface area contributed by atoms with Gasteiger partial charge >= 0.3 is 0 Å². The van der Waals surface area contributed by atoms with Crippen molar-refractivity contribution in [2.75, 3.05) is 26.4 Å². The fourth-order valence-corrected chi connectivity index (χ4v) is 1.77. The molecule has 0 aromatic heterocycles. The summed E-state index contributed by atoms with van der Waals surface area (Å²) in [4.78, 5) is 0. The molecule has 0 unspecified atom stereocenters. The molecule has 0 saturated carbocycles. The lowest BCUT2D eigenvalue weighted by Crippen LogP contribution is -2.06. The number of hydrogen-bond acceptors (Lipinski definition) is 3. The number of rotatable bonds is 8. The van der Waals surface area contributed by atoms with Crippen LogP contribution in [0, 0.1) is 0 Å². The second-order valence-corrected chi connectivity index (χ2v) is 3.86. The summed E-state index contributed by atoms with van der Waals surface area (Å²) >= 11 is 0. The van der Waals surface area contributed by atoms with Gasteiger partial charge in [-0.3, -0.25) is 0 Å². The van der Waals surface area contributed by atoms with Gasteiger partial charge in [-0.2, -0.15) is 0 Å². The zero-order valence-electron chi connectivity index (χ0n) is 10.9. The molecule has 0 bridgehead atoms. The van der Waals surface area contributed by atoms with Gasteiger partial charge in [-0.15, -0.1) is 0 Å². The second kappa shape index (κ2) is 8.09. The molecular formula is C14H23NO2. The molecule has 0 aliphatic rings. The molecule has 0 aliphatic carbocycles. The Balaban J connectivity index is 2.70. The van der Waals surface area contributed by atoms with Gasteiger partial charge in [0.25, 0.3) is 0 Å². The summed E-state index contributed by atoms with van der Waals surface area (Å²) in [7, 11) is 0. The fraction of sp³-hybridized carbons (Fsp3) is 0.571. The molecule has 0 spiro atoms. The average molecular weight is 237 g/mol. The Bertz CT molecular complexity index is 326. The van der Waals surface area contributed by atoms with Gasteiger partial charge in [0, 0.05) is 6.61 Å². The van der Waals surface area contributed by atoms with Crippen molar-refractivity contribution in [3.8, 4) is 5.75 Å². The minimum atomic E-state index is 0.648. The van der Waals surface area contributed by atoms with E-state index in [2.05, 4.69) is 12.1 Å². The van der Waals surface area contributed by atoms with Crippen LogP contribution in [0.3, 0.4) is 0 Å². The van der Waals surface area contributed by atoms with Gasteiger partial charge in [0.15, 0.2) is 0 Å². The maximum absolute atomic E-state index is 5.62. The smallest absolute Gasteiger partial charge is 0.122 e. The molecule has 96 valence electrons. The number of hydrogen-bond donors (Lipinski definition) is 1. The molecule has 3 nitrogen and oxygen atoms in total. The highest BCUT2D eigenvalue weighted by Gasteiger charge is 2.04. The van der Waals surface area contributed by atoms with Gasteiger partial charge in [0.1, 0.15) is 5.75 Å². The van der Waals surface area contributed by atoms with E-state index in [4.69, 9.17) is 15.2 Å². The molecule has 0 amide bonds. The second-order valence-electron chi connectivity index (χ2n) is 3.86. The molecule has 0 radical (unpaired) electrons. The average Bonchev–Trinajstić information content (AvgIpc) is 2.33. The molecule has 1 aromatic rings. The lowest BCUT2D eigenvalue weighted by molar-refractivity contribution is 0.151. The molecular weight excluding hydrogens is 214 g/mol. The Morgan fingerprint density at radius 1 is 1.12 bits per heavy atom. The zero-order chi connectivity index (χ0) is 12.5. The van der Waals surface area contributed by atoms with Gasteiger partial charge in [0.05, 0.1) is 13.2 Å². The maximum atomic E-state index is 5.62. The van der Waals surface area contributed by atoms with Crippen molar-refractivity contribution < 1.29 is 9.47 Å². The predicted molar refractivity (Wildman–Crippen MR) is 70.6 cm³/mol. The lowest BCUT2D eigenvalue weighted by Gasteiger charge is -2.11. The van der Waals surface area contributed by atoms with E-state index in [0.29, 0.717) is 13.2 Å². The van der Waals surface area contributed by atoms with Crippen LogP contribution in [-0.4, -0.2) is 26.4 Å². The topological polar surface area (TPSA) is 44.5 Å². The monoisotopic (exact) mass is 237 g/mol. The van der Waals surface area contributed by atoms with Crippen LogP contribution in [0.15, 0.2) is 18.2 Å². The highest BCUT2D eigenvalue weighted by Crippen LogP contribution is 2.21. The molecule has 0 atom stereocenters. The van der Waals surface area contributed by atoms with Crippen LogP contribution in [-0.2, 0) is 17.6 Å². The highest BCUT2D eigenvalue weighted by atomic mass is 16.5. The van der Waals surface area contributed by atoms with E-state index in [0.717, 1.165) is 31.8 Å². The van der Waals surface area contributed by atoms with Crippen LogP contribution in [0.4, 0.5) is 0 Å². The molecule has 3 heteroatoms. The summed E-state index contributed by atoms with van der Waals surface area (Å²) in [5.41, 5.74) is 8.10. The van der Waals surface area contributed by atoms with Crippen molar-refractivity contribution in [3.63, 3.8) is 0 Å². The lowest BCUT2D eigenvalue weighted by atomic mass is 10.0. The first-order chi connectivity index (χ1) is 8.31. The molecule has 1 rings (SSSR count). The third-order valence-electron chi connectivity index (χ3n) is 2.58. The highest BCUT2D eigenvalue weighted by molar-refractivity contribution is 5.37. The largest absolute Gasteiger partial charge is 0.494 e. The fourth-order valence-electron chi connectivity index (χ4n) is 1.77. The van der Waals surface area contributed by atoms with Gasteiger partial charge in [-0.1, -0.05) is 12.1 Å². The van der Waals surface area contributed by atoms with Gasteiger partial charge < -0.3 is 15.2 Å². The SMILES string of the molecule is CCOCCc1ccc(OCC)c(CCN)c1. The molecule has 1 aromatic carbocycles. The van der Waals surface area contributed by atoms with Gasteiger partial charge in [-0.25, -0.2) is 0 Å². The predicted octanol–water partition coefficient (Wildman–Crippen LogP) is 2.17. The van der Waals surface area contributed by atoms with Crippen molar-refractivity contribution in [1.82, 2.24) is 0 Å². The summed E-state index contributed by atoms with van der Waals surface area (Å²) in [5.74, 6) is 0.957. The van der Waals surface area contributed by atoms with Crippen LogP contribution in [0.5, 0.6) is 5.75 Å². The standard InChI is InChI=1S/C14H23NO2/c1-3-16-10-8-12-5-6-14(17-4-2)13(11-12)7-9-15/h5-6,11H,3-4,7-10,15H2,1-2H3. The first-order valence-electron chi connectivity index (χ1n) is 6.34. The van der Waals surface area contributed by atoms with Crippen molar-refractivity contribution in [3.05, 3.63) is 29.3 Å². The summed E-state index contributed by atoms with van der Waals surface area (Å²) in [5, 5.41) is 0. The Kier molecular flexibility index (Phi) is 6.67. The minimum Gasteiger partial charge on any atom is -0.494 e. The van der Waals surface area contributed by atoms with Crippen LogP contribution in [0.2, 0.25) is 0 Å². The Morgan fingerprint density at radius 3 is 2.59 bits per heavy atom. The summed E-state index contributed by atoms with van der Waals surface area (Å²) in [6, 6.07) is 6.32. The maximum Gasteiger partial charge on any atom is 0.122 e. The first-order valence-corrected chi connectivity index (χ1v) is 6.34. The molecule has 2 N–H and O–H groups in total. The van der Waals surface area contributed by atoms with E-state index in [1.54, 1.807) is 0 Å². The molecule has 0 fully saturated rings. The quantitative estimate of drug-likeness (QED) is 0.705. The van der Waals surface area contributed by atoms with E-state index in [1.807, 2.05) is 19.9 Å². The Labute approximate surface area is 104 Å². The minimum absolute atomic E-state index is 0.648.